The summed E-state index contributed by atoms with van der Waals surface area (Å²) in [7, 11) is 0.626. The molecule has 143 valence electrons. The number of carbonyl (C=O) groups is 1. The van der Waals surface area contributed by atoms with E-state index in [-0.39, 0.29) is 12.2 Å². The maximum absolute atomic E-state index is 12.7. The van der Waals surface area contributed by atoms with E-state index in [4.69, 9.17) is 9.84 Å². The number of carboxylic acids is 1. The van der Waals surface area contributed by atoms with Gasteiger partial charge in [0.05, 0.1) is 23.0 Å². The van der Waals surface area contributed by atoms with Crippen LogP contribution in [0.3, 0.4) is 0 Å². The van der Waals surface area contributed by atoms with E-state index in [0.717, 1.165) is 16.0 Å². The van der Waals surface area contributed by atoms with E-state index in [1.807, 2.05) is 39.2 Å². The number of rotatable bonds is 8. The van der Waals surface area contributed by atoms with Crippen molar-refractivity contribution in [2.75, 3.05) is 0 Å². The average Bonchev–Trinajstić information content (AvgIpc) is 3.09. The molecule has 1 radical (unpaired) electrons. The van der Waals surface area contributed by atoms with Crippen LogP contribution in [0.15, 0.2) is 46.8 Å². The maximum Gasteiger partial charge on any atom is 0.307 e. The zero-order valence-corrected chi connectivity index (χ0v) is 17.0. The van der Waals surface area contributed by atoms with Gasteiger partial charge in [0.25, 0.3) is 0 Å². The minimum absolute atomic E-state index is 0.0752. The molecule has 0 saturated heterocycles. The van der Waals surface area contributed by atoms with Gasteiger partial charge < -0.3 is 9.84 Å². The number of hydrogen-bond acceptors (Lipinski definition) is 6. The summed E-state index contributed by atoms with van der Waals surface area (Å²) in [4.78, 5) is 10.9. The van der Waals surface area contributed by atoms with Crippen molar-refractivity contribution in [1.82, 2.24) is 10.2 Å². The number of benzene rings is 2. The molecule has 0 aliphatic heterocycles. The first-order chi connectivity index (χ1) is 13.4. The quantitative estimate of drug-likeness (QED) is 0.572. The second-order valence-electron chi connectivity index (χ2n) is 6.05. The van der Waals surface area contributed by atoms with E-state index in [1.54, 1.807) is 24.3 Å². The van der Waals surface area contributed by atoms with Crippen LogP contribution in [-0.2, 0) is 27.8 Å². The standard InChI is InChI=1S/C19H18BN2O4S2/c1-12-21-22-19(27-12)28(25)11-14-10-15(20-2)6-7-17(14)26-16-5-3-4-13(8-16)9-18(23)24/h3-8,10H,9,11H2,1-2H3,(H,23,24). The molecule has 1 unspecified atom stereocenters. The van der Waals surface area contributed by atoms with Gasteiger partial charge in [-0.3, -0.25) is 9.00 Å². The normalized spacial score (nSPS) is 11.8. The molecule has 6 nitrogen and oxygen atoms in total. The third-order valence-corrected chi connectivity index (χ3v) is 6.37. The molecule has 0 amide bonds. The molecule has 0 spiro atoms. The molecule has 9 heteroatoms. The van der Waals surface area contributed by atoms with Gasteiger partial charge in [0.2, 0.25) is 4.34 Å². The summed E-state index contributed by atoms with van der Waals surface area (Å²) in [6.45, 7) is 3.75. The van der Waals surface area contributed by atoms with Crippen LogP contribution in [0.4, 0.5) is 0 Å². The van der Waals surface area contributed by atoms with E-state index >= 15 is 0 Å². The van der Waals surface area contributed by atoms with Crippen molar-refractivity contribution in [2.45, 2.75) is 30.3 Å². The molecule has 2 aromatic carbocycles. The predicted octanol–water partition coefficient (Wildman–Crippen LogP) is 2.95. The van der Waals surface area contributed by atoms with Crippen LogP contribution in [0.1, 0.15) is 16.1 Å². The Kier molecular flexibility index (Phi) is 6.59. The molecule has 0 bridgehead atoms. The van der Waals surface area contributed by atoms with Crippen LogP contribution in [0.2, 0.25) is 6.82 Å². The first-order valence-corrected chi connectivity index (χ1v) is 10.7. The number of hydrogen-bond donors (Lipinski definition) is 1. The van der Waals surface area contributed by atoms with Crippen LogP contribution in [0.25, 0.3) is 0 Å². The van der Waals surface area contributed by atoms with Crippen molar-refractivity contribution in [2.24, 2.45) is 0 Å². The number of aliphatic carboxylic acids is 1. The lowest BCUT2D eigenvalue weighted by molar-refractivity contribution is -0.136. The van der Waals surface area contributed by atoms with Gasteiger partial charge in [0.1, 0.15) is 23.8 Å². The molecule has 1 atom stereocenters. The molecule has 3 aromatic rings. The first-order valence-electron chi connectivity index (χ1n) is 8.54. The molecule has 0 aliphatic carbocycles. The minimum atomic E-state index is -1.33. The summed E-state index contributed by atoms with van der Waals surface area (Å²) < 4.78 is 19.2. The van der Waals surface area contributed by atoms with Crippen molar-refractivity contribution < 1.29 is 18.8 Å². The highest BCUT2D eigenvalue weighted by Crippen LogP contribution is 2.28. The fourth-order valence-corrected chi connectivity index (χ4v) is 4.68. The zero-order valence-electron chi connectivity index (χ0n) is 15.4. The topological polar surface area (TPSA) is 89.4 Å². The molecule has 28 heavy (non-hydrogen) atoms. The van der Waals surface area contributed by atoms with E-state index in [0.29, 0.717) is 21.4 Å². The number of aromatic nitrogens is 2. The van der Waals surface area contributed by atoms with Crippen molar-refractivity contribution in [3.63, 3.8) is 0 Å². The molecule has 1 heterocycles. The van der Waals surface area contributed by atoms with Gasteiger partial charge in [-0.05, 0) is 30.7 Å². The Hall–Kier alpha value is -2.52. The summed E-state index contributed by atoms with van der Waals surface area (Å²) in [6.07, 6.45) is -0.0752. The van der Waals surface area contributed by atoms with Crippen LogP contribution in [0.5, 0.6) is 11.5 Å². The van der Waals surface area contributed by atoms with Crippen LogP contribution >= 0.6 is 11.3 Å². The highest BCUT2D eigenvalue weighted by Gasteiger charge is 2.15. The van der Waals surface area contributed by atoms with Gasteiger partial charge in [0.15, 0.2) is 0 Å². The SMILES string of the molecule is C[B]c1ccc(Oc2cccc(CC(=O)O)c2)c(CS(=O)c2nnc(C)s2)c1. The monoisotopic (exact) mass is 413 g/mol. The first kappa shape index (κ1) is 20.2. The maximum atomic E-state index is 12.7. The molecular weight excluding hydrogens is 395 g/mol. The molecular formula is C19H18BN2O4S2. The number of aryl methyl sites for hydroxylation is 1. The van der Waals surface area contributed by atoms with Crippen LogP contribution < -0.4 is 10.2 Å². The molecule has 1 aromatic heterocycles. The van der Waals surface area contributed by atoms with Gasteiger partial charge in [-0.1, -0.05) is 47.9 Å². The van der Waals surface area contributed by atoms with Crippen LogP contribution in [0, 0.1) is 6.92 Å². The number of nitrogens with zero attached hydrogens (tertiary/aromatic N) is 2. The van der Waals surface area contributed by atoms with Gasteiger partial charge in [0, 0.05) is 5.56 Å². The summed E-state index contributed by atoms with van der Waals surface area (Å²) in [5, 5.41) is 17.6. The molecule has 0 fully saturated rings. The summed E-state index contributed by atoms with van der Waals surface area (Å²) >= 11 is 1.32. The number of carboxylic acid groups (broad SMARTS) is 1. The van der Waals surface area contributed by atoms with Crippen molar-refractivity contribution in [3.05, 3.63) is 58.6 Å². The Bertz CT molecular complexity index is 1020. The Morgan fingerprint density at radius 1 is 1.25 bits per heavy atom. The van der Waals surface area contributed by atoms with E-state index in [2.05, 4.69) is 10.2 Å². The fraction of sp³-hybridized carbons (Fsp3) is 0.211. The lowest BCUT2D eigenvalue weighted by Gasteiger charge is -2.13. The lowest BCUT2D eigenvalue weighted by atomic mass is 9.73. The Morgan fingerprint density at radius 3 is 2.75 bits per heavy atom. The molecule has 0 aliphatic rings. The van der Waals surface area contributed by atoms with Crippen molar-refractivity contribution in [1.29, 1.82) is 0 Å². The Labute approximate surface area is 170 Å². The second kappa shape index (κ2) is 9.12. The largest absolute Gasteiger partial charge is 0.481 e. The van der Waals surface area contributed by atoms with Gasteiger partial charge in [-0.25, -0.2) is 0 Å². The van der Waals surface area contributed by atoms with E-state index in [1.165, 1.54) is 11.3 Å². The summed E-state index contributed by atoms with van der Waals surface area (Å²) in [5.41, 5.74) is 2.43. The number of ether oxygens (including phenoxy) is 1. The smallest absolute Gasteiger partial charge is 0.307 e. The fourth-order valence-electron chi connectivity index (χ4n) is 2.59. The summed E-state index contributed by atoms with van der Waals surface area (Å²) in [6, 6.07) is 12.6. The third kappa shape index (κ3) is 5.27. The Morgan fingerprint density at radius 2 is 2.07 bits per heavy atom. The van der Waals surface area contributed by atoms with Crippen molar-refractivity contribution in [3.8, 4) is 11.5 Å². The minimum Gasteiger partial charge on any atom is -0.481 e. The third-order valence-electron chi connectivity index (χ3n) is 3.89. The Balaban J connectivity index is 1.86. The predicted molar refractivity (Wildman–Crippen MR) is 110 cm³/mol. The van der Waals surface area contributed by atoms with Crippen LogP contribution in [-0.4, -0.2) is 32.8 Å². The van der Waals surface area contributed by atoms with Gasteiger partial charge in [-0.2, -0.15) is 0 Å². The second-order valence-corrected chi connectivity index (χ2v) is 8.86. The highest BCUT2D eigenvalue weighted by atomic mass is 32.2. The average molecular weight is 413 g/mol. The molecule has 1 N–H and O–H groups in total. The molecule has 3 rings (SSSR count). The van der Waals surface area contributed by atoms with Crippen molar-refractivity contribution >= 4 is 40.8 Å². The molecule has 0 saturated carbocycles. The highest BCUT2D eigenvalue weighted by molar-refractivity contribution is 7.86. The van der Waals surface area contributed by atoms with Gasteiger partial charge >= 0.3 is 5.97 Å². The lowest BCUT2D eigenvalue weighted by Crippen LogP contribution is -2.12. The summed E-state index contributed by atoms with van der Waals surface area (Å²) in [5.74, 6) is 0.461. The van der Waals surface area contributed by atoms with Gasteiger partial charge in [-0.15, -0.1) is 10.2 Å². The van der Waals surface area contributed by atoms with E-state index < -0.39 is 16.8 Å². The van der Waals surface area contributed by atoms with E-state index in [9.17, 15) is 9.00 Å². The zero-order chi connectivity index (χ0) is 20.1.